The average Bonchev–Trinajstić information content (AvgIpc) is 2.91. The Balaban J connectivity index is 1.69. The lowest BCUT2D eigenvalue weighted by Gasteiger charge is -2.28. The first kappa shape index (κ1) is 14.0. The Morgan fingerprint density at radius 2 is 1.96 bits per heavy atom. The lowest BCUT2D eigenvalue weighted by Crippen LogP contribution is -2.36. The van der Waals surface area contributed by atoms with Crippen LogP contribution < -0.4 is 0 Å². The molecule has 4 nitrogen and oxygen atoms in total. The maximum absolute atomic E-state index is 13.0. The van der Waals surface area contributed by atoms with Crippen molar-refractivity contribution in [1.82, 2.24) is 14.7 Å². The first-order valence-electron chi connectivity index (χ1n) is 7.93. The molecule has 4 heteroatoms. The van der Waals surface area contributed by atoms with Gasteiger partial charge in [-0.05, 0) is 30.5 Å². The molecular weight excluding hydrogens is 286 g/mol. The second kappa shape index (κ2) is 5.23. The van der Waals surface area contributed by atoms with Crippen LogP contribution in [0.3, 0.4) is 0 Å². The molecule has 1 aliphatic heterocycles. The lowest BCUT2D eigenvalue weighted by atomic mass is 9.97. The number of amides is 1. The minimum absolute atomic E-state index is 0.0222. The van der Waals surface area contributed by atoms with Crippen molar-refractivity contribution in [3.63, 3.8) is 0 Å². The summed E-state index contributed by atoms with van der Waals surface area (Å²) < 4.78 is 1.78. The minimum Gasteiger partial charge on any atom is -0.333 e. The topological polar surface area (TPSA) is 38.1 Å². The van der Waals surface area contributed by atoms with Crippen molar-refractivity contribution in [2.75, 3.05) is 6.54 Å². The summed E-state index contributed by atoms with van der Waals surface area (Å²) >= 11 is 0. The van der Waals surface area contributed by atoms with E-state index in [1.807, 2.05) is 36.2 Å². The van der Waals surface area contributed by atoms with Crippen LogP contribution in [0.5, 0.6) is 0 Å². The van der Waals surface area contributed by atoms with Crippen molar-refractivity contribution in [3.05, 3.63) is 64.8 Å². The van der Waals surface area contributed by atoms with Crippen LogP contribution in [0.1, 0.15) is 27.2 Å². The number of fused-ring (bicyclic) bond motifs is 2. The molecule has 0 unspecified atom stereocenters. The Morgan fingerprint density at radius 3 is 2.83 bits per heavy atom. The second-order valence-corrected chi connectivity index (χ2v) is 6.24. The van der Waals surface area contributed by atoms with Crippen molar-refractivity contribution in [3.8, 4) is 0 Å². The average molecular weight is 305 g/mol. The predicted molar refractivity (Wildman–Crippen MR) is 90.3 cm³/mol. The summed E-state index contributed by atoms with van der Waals surface area (Å²) in [6.45, 7) is 3.51. The van der Waals surface area contributed by atoms with Gasteiger partial charge in [0.05, 0.1) is 5.52 Å². The van der Waals surface area contributed by atoms with E-state index in [-0.39, 0.29) is 5.91 Å². The smallest absolute Gasteiger partial charge is 0.275 e. The van der Waals surface area contributed by atoms with Crippen LogP contribution in [-0.4, -0.2) is 27.1 Å². The Hall–Kier alpha value is -2.62. The molecule has 23 heavy (non-hydrogen) atoms. The Morgan fingerprint density at radius 1 is 1.13 bits per heavy atom. The van der Waals surface area contributed by atoms with E-state index in [9.17, 15) is 4.79 Å². The van der Waals surface area contributed by atoms with Gasteiger partial charge in [-0.3, -0.25) is 9.48 Å². The van der Waals surface area contributed by atoms with Gasteiger partial charge in [-0.2, -0.15) is 5.10 Å². The molecule has 0 radical (unpaired) electrons. The summed E-state index contributed by atoms with van der Waals surface area (Å²) in [4.78, 5) is 14.9. The molecule has 1 amide bonds. The predicted octanol–water partition coefficient (Wildman–Crippen LogP) is 3.08. The molecule has 3 aromatic rings. The van der Waals surface area contributed by atoms with E-state index < -0.39 is 0 Å². The van der Waals surface area contributed by atoms with E-state index in [4.69, 9.17) is 0 Å². The van der Waals surface area contributed by atoms with Gasteiger partial charge in [0.15, 0.2) is 5.69 Å². The Kier molecular flexibility index (Phi) is 3.18. The van der Waals surface area contributed by atoms with Gasteiger partial charge in [0.1, 0.15) is 0 Å². The third-order valence-corrected chi connectivity index (χ3v) is 4.62. The van der Waals surface area contributed by atoms with E-state index in [0.717, 1.165) is 23.9 Å². The van der Waals surface area contributed by atoms with Gasteiger partial charge in [0, 0.05) is 25.5 Å². The number of para-hydroxylation sites is 1. The van der Waals surface area contributed by atoms with Gasteiger partial charge in [-0.1, -0.05) is 42.0 Å². The van der Waals surface area contributed by atoms with Crippen LogP contribution in [0, 0.1) is 6.92 Å². The highest BCUT2D eigenvalue weighted by Gasteiger charge is 2.25. The van der Waals surface area contributed by atoms with E-state index >= 15 is 0 Å². The Labute approximate surface area is 135 Å². The molecule has 4 rings (SSSR count). The fraction of sp³-hybridized carbons (Fsp3) is 0.263. The second-order valence-electron chi connectivity index (χ2n) is 6.24. The quantitative estimate of drug-likeness (QED) is 0.693. The lowest BCUT2D eigenvalue weighted by molar-refractivity contribution is 0.0730. The molecule has 0 fully saturated rings. The summed E-state index contributed by atoms with van der Waals surface area (Å²) in [7, 11) is 1.88. The molecular formula is C19H19N3O. The molecule has 0 N–H and O–H groups in total. The molecule has 0 atom stereocenters. The zero-order chi connectivity index (χ0) is 16.0. The van der Waals surface area contributed by atoms with Gasteiger partial charge in [0.2, 0.25) is 0 Å². The number of nitrogens with zero attached hydrogens (tertiary/aromatic N) is 3. The van der Waals surface area contributed by atoms with Crippen LogP contribution in [0.15, 0.2) is 42.5 Å². The fourth-order valence-electron chi connectivity index (χ4n) is 3.38. The summed E-state index contributed by atoms with van der Waals surface area (Å²) in [5.41, 5.74) is 5.39. The molecule has 116 valence electrons. The number of carbonyl (C=O) groups excluding carboxylic acids is 1. The van der Waals surface area contributed by atoms with E-state index in [1.54, 1.807) is 4.68 Å². The summed E-state index contributed by atoms with van der Waals surface area (Å²) in [6.07, 6.45) is 0.909. The molecule has 0 bridgehead atoms. The molecule has 1 aromatic heterocycles. The molecule has 0 saturated heterocycles. The number of benzene rings is 2. The van der Waals surface area contributed by atoms with Crippen molar-refractivity contribution >= 4 is 16.8 Å². The molecule has 2 aromatic carbocycles. The summed E-state index contributed by atoms with van der Waals surface area (Å²) in [6, 6.07) is 14.4. The molecule has 0 spiro atoms. The van der Waals surface area contributed by atoms with E-state index in [2.05, 4.69) is 30.2 Å². The molecule has 2 heterocycles. The van der Waals surface area contributed by atoms with Crippen molar-refractivity contribution in [1.29, 1.82) is 0 Å². The van der Waals surface area contributed by atoms with Gasteiger partial charge in [-0.25, -0.2) is 0 Å². The Bertz CT molecular complexity index is 910. The SMILES string of the molecule is Cc1ccc2c(c1)CN(C(=O)c1nn(C)c3ccccc13)CC2. The fourth-order valence-corrected chi connectivity index (χ4v) is 3.38. The summed E-state index contributed by atoms with van der Waals surface area (Å²) in [5, 5.41) is 5.39. The highest BCUT2D eigenvalue weighted by molar-refractivity contribution is 6.04. The van der Waals surface area contributed by atoms with Crippen molar-refractivity contribution in [2.45, 2.75) is 19.9 Å². The van der Waals surface area contributed by atoms with Gasteiger partial charge in [-0.15, -0.1) is 0 Å². The number of aryl methyl sites for hydroxylation is 2. The van der Waals surface area contributed by atoms with Crippen LogP contribution in [0.2, 0.25) is 0 Å². The standard InChI is InChI=1S/C19H19N3O/c1-13-7-8-14-9-10-22(12-15(14)11-13)19(23)18-16-5-3-4-6-17(16)21(2)20-18/h3-8,11H,9-10,12H2,1-2H3. The maximum Gasteiger partial charge on any atom is 0.275 e. The van der Waals surface area contributed by atoms with Gasteiger partial charge in [0.25, 0.3) is 5.91 Å². The first-order chi connectivity index (χ1) is 11.1. The zero-order valence-corrected chi connectivity index (χ0v) is 13.4. The molecule has 0 aliphatic carbocycles. The minimum atomic E-state index is 0.0222. The van der Waals surface area contributed by atoms with E-state index in [0.29, 0.717) is 12.2 Å². The normalized spacial score (nSPS) is 14.1. The number of rotatable bonds is 1. The van der Waals surface area contributed by atoms with Crippen LogP contribution in [0.4, 0.5) is 0 Å². The highest BCUT2D eigenvalue weighted by Crippen LogP contribution is 2.24. The number of hydrogen-bond donors (Lipinski definition) is 0. The first-order valence-corrected chi connectivity index (χ1v) is 7.93. The van der Waals surface area contributed by atoms with E-state index in [1.165, 1.54) is 16.7 Å². The maximum atomic E-state index is 13.0. The molecule has 0 saturated carbocycles. The largest absolute Gasteiger partial charge is 0.333 e. The number of aromatic nitrogens is 2. The molecule has 1 aliphatic rings. The third-order valence-electron chi connectivity index (χ3n) is 4.62. The third kappa shape index (κ3) is 2.31. The zero-order valence-electron chi connectivity index (χ0n) is 13.4. The highest BCUT2D eigenvalue weighted by atomic mass is 16.2. The van der Waals surface area contributed by atoms with Crippen LogP contribution in [-0.2, 0) is 20.0 Å². The summed E-state index contributed by atoms with van der Waals surface area (Å²) in [5.74, 6) is 0.0222. The van der Waals surface area contributed by atoms with Crippen LogP contribution >= 0.6 is 0 Å². The van der Waals surface area contributed by atoms with Crippen LogP contribution in [0.25, 0.3) is 10.9 Å². The van der Waals surface area contributed by atoms with Crippen molar-refractivity contribution in [2.24, 2.45) is 7.05 Å². The number of hydrogen-bond acceptors (Lipinski definition) is 2. The van der Waals surface area contributed by atoms with Gasteiger partial charge < -0.3 is 4.90 Å². The number of carbonyl (C=O) groups is 1. The van der Waals surface area contributed by atoms with Crippen molar-refractivity contribution < 1.29 is 4.79 Å². The monoisotopic (exact) mass is 305 g/mol. The van der Waals surface area contributed by atoms with Gasteiger partial charge >= 0.3 is 0 Å².